The Morgan fingerprint density at radius 2 is 1.10 bits per heavy atom. The first-order valence-electron chi connectivity index (χ1n) is 11.9. The van der Waals surface area contributed by atoms with Gasteiger partial charge >= 0.3 is 0 Å². The number of anilines is 1. The Bertz CT molecular complexity index is 1340. The lowest BCUT2D eigenvalue weighted by atomic mass is 10.1. The number of rotatable bonds is 13. The van der Waals surface area contributed by atoms with Gasteiger partial charge < -0.3 is 38.5 Å². The van der Waals surface area contributed by atoms with Crippen molar-refractivity contribution in [3.8, 4) is 40.2 Å². The lowest BCUT2D eigenvalue weighted by molar-refractivity contribution is 0.104. The van der Waals surface area contributed by atoms with Gasteiger partial charge in [0, 0.05) is 17.8 Å². The third-order valence-corrected chi connectivity index (χ3v) is 5.80. The number of carbonyl (C=O) groups excluding carboxylic acids is 1. The molecule has 0 fully saturated rings. The van der Waals surface area contributed by atoms with E-state index in [2.05, 4.69) is 5.32 Å². The molecule has 0 aliphatic heterocycles. The van der Waals surface area contributed by atoms with E-state index in [9.17, 15) is 4.79 Å². The van der Waals surface area contributed by atoms with Gasteiger partial charge in [-0.1, -0.05) is 12.2 Å². The third-order valence-electron chi connectivity index (χ3n) is 5.80. The van der Waals surface area contributed by atoms with Crippen molar-refractivity contribution >= 4 is 23.6 Å². The van der Waals surface area contributed by atoms with E-state index in [-0.39, 0.29) is 5.78 Å². The van der Waals surface area contributed by atoms with Crippen LogP contribution in [0.5, 0.6) is 40.2 Å². The molecule has 9 nitrogen and oxygen atoms in total. The Balaban J connectivity index is 1.88. The van der Waals surface area contributed by atoms with Crippen LogP contribution in [0.25, 0.3) is 12.2 Å². The van der Waals surface area contributed by atoms with E-state index in [1.165, 1.54) is 13.2 Å². The Hall–Kier alpha value is -4.79. The summed E-state index contributed by atoms with van der Waals surface area (Å²) in [5.41, 5.74) is 2.73. The molecule has 3 aromatic carbocycles. The second kappa shape index (κ2) is 13.7. The highest BCUT2D eigenvalue weighted by molar-refractivity contribution is 6.05. The first kappa shape index (κ1) is 28.8. The molecule has 0 amide bonds. The Morgan fingerprint density at radius 1 is 0.590 bits per heavy atom. The zero-order valence-corrected chi connectivity index (χ0v) is 23.1. The van der Waals surface area contributed by atoms with Gasteiger partial charge in [0.2, 0.25) is 5.75 Å². The Morgan fingerprint density at radius 3 is 1.62 bits per heavy atom. The molecule has 0 aromatic heterocycles. The minimum Gasteiger partial charge on any atom is -0.493 e. The lowest BCUT2D eigenvalue weighted by Gasteiger charge is -2.14. The SMILES string of the molecule is COc1ccc(C(=O)C=CNc2cc(C=Cc3cc(OC)c(OC)c(OC)c3)cc(OC)c2OC)cc1OC. The molecular formula is C30H33NO8. The van der Waals surface area contributed by atoms with Crippen molar-refractivity contribution in [2.75, 3.05) is 55.1 Å². The maximum absolute atomic E-state index is 12.7. The summed E-state index contributed by atoms with van der Waals surface area (Å²) in [5, 5.41) is 3.13. The van der Waals surface area contributed by atoms with Crippen LogP contribution in [0.2, 0.25) is 0 Å². The topological polar surface area (TPSA) is 93.7 Å². The molecule has 1 N–H and O–H groups in total. The monoisotopic (exact) mass is 535 g/mol. The van der Waals surface area contributed by atoms with E-state index in [0.717, 1.165) is 11.1 Å². The average Bonchev–Trinajstić information content (AvgIpc) is 2.98. The first-order chi connectivity index (χ1) is 18.9. The van der Waals surface area contributed by atoms with Gasteiger partial charge in [-0.2, -0.15) is 0 Å². The van der Waals surface area contributed by atoms with Crippen molar-refractivity contribution < 1.29 is 38.0 Å². The zero-order chi connectivity index (χ0) is 28.4. The fourth-order valence-corrected chi connectivity index (χ4v) is 3.87. The molecule has 0 aliphatic carbocycles. The summed E-state index contributed by atoms with van der Waals surface area (Å²) in [4.78, 5) is 12.7. The molecule has 0 saturated heterocycles. The van der Waals surface area contributed by atoms with Crippen molar-refractivity contribution in [3.05, 3.63) is 71.4 Å². The second-order valence-electron chi connectivity index (χ2n) is 8.01. The van der Waals surface area contributed by atoms with E-state index in [4.69, 9.17) is 33.2 Å². The van der Waals surface area contributed by atoms with Gasteiger partial charge in [0.05, 0.1) is 55.5 Å². The number of allylic oxidation sites excluding steroid dienone is 1. The smallest absolute Gasteiger partial charge is 0.203 e. The van der Waals surface area contributed by atoms with E-state index in [1.54, 1.807) is 67.1 Å². The van der Waals surface area contributed by atoms with Crippen LogP contribution in [0.4, 0.5) is 5.69 Å². The molecule has 3 aromatic rings. The van der Waals surface area contributed by atoms with Gasteiger partial charge in [0.25, 0.3) is 0 Å². The molecule has 39 heavy (non-hydrogen) atoms. The first-order valence-corrected chi connectivity index (χ1v) is 11.9. The molecule has 0 heterocycles. The van der Waals surface area contributed by atoms with Gasteiger partial charge in [0.15, 0.2) is 40.3 Å². The highest BCUT2D eigenvalue weighted by Crippen LogP contribution is 2.40. The number of nitrogens with one attached hydrogen (secondary N) is 1. The lowest BCUT2D eigenvalue weighted by Crippen LogP contribution is -2.00. The molecular weight excluding hydrogens is 502 g/mol. The van der Waals surface area contributed by atoms with E-state index in [1.807, 2.05) is 36.4 Å². The van der Waals surface area contributed by atoms with Gasteiger partial charge in [0.1, 0.15) is 0 Å². The highest BCUT2D eigenvalue weighted by Gasteiger charge is 2.14. The van der Waals surface area contributed by atoms with Crippen molar-refractivity contribution in [1.82, 2.24) is 0 Å². The summed E-state index contributed by atoms with van der Waals surface area (Å²) < 4.78 is 37.9. The normalized spacial score (nSPS) is 10.8. The molecule has 9 heteroatoms. The van der Waals surface area contributed by atoms with Crippen LogP contribution in [-0.4, -0.2) is 55.6 Å². The fraction of sp³-hybridized carbons (Fsp3) is 0.233. The largest absolute Gasteiger partial charge is 0.493 e. The summed E-state index contributed by atoms with van der Waals surface area (Å²) in [7, 11) is 10.9. The molecule has 0 spiro atoms. The molecule has 3 rings (SSSR count). The minimum atomic E-state index is -0.215. The van der Waals surface area contributed by atoms with Crippen molar-refractivity contribution in [2.24, 2.45) is 0 Å². The van der Waals surface area contributed by atoms with Crippen LogP contribution >= 0.6 is 0 Å². The van der Waals surface area contributed by atoms with Gasteiger partial charge in [-0.15, -0.1) is 0 Å². The third kappa shape index (κ3) is 6.75. The maximum atomic E-state index is 12.7. The predicted molar refractivity (Wildman–Crippen MR) is 151 cm³/mol. The van der Waals surface area contributed by atoms with E-state index < -0.39 is 0 Å². The van der Waals surface area contributed by atoms with Crippen molar-refractivity contribution in [1.29, 1.82) is 0 Å². The summed E-state index contributed by atoms with van der Waals surface area (Å²) >= 11 is 0. The number of hydrogen-bond acceptors (Lipinski definition) is 9. The van der Waals surface area contributed by atoms with Crippen molar-refractivity contribution in [3.63, 3.8) is 0 Å². The maximum Gasteiger partial charge on any atom is 0.203 e. The number of ketones is 1. The zero-order valence-electron chi connectivity index (χ0n) is 23.1. The molecule has 0 aliphatic rings. The van der Waals surface area contributed by atoms with E-state index in [0.29, 0.717) is 51.5 Å². The summed E-state index contributed by atoms with van der Waals surface area (Å²) in [6, 6.07) is 12.4. The fourth-order valence-electron chi connectivity index (χ4n) is 3.87. The molecule has 0 saturated carbocycles. The summed E-state index contributed by atoms with van der Waals surface area (Å²) in [6.07, 6.45) is 6.78. The number of hydrogen-bond donors (Lipinski definition) is 1. The minimum absolute atomic E-state index is 0.215. The van der Waals surface area contributed by atoms with Crippen LogP contribution in [0.3, 0.4) is 0 Å². The Labute approximate surface area is 228 Å². The number of ether oxygens (including phenoxy) is 7. The number of benzene rings is 3. The quantitative estimate of drug-likeness (QED) is 0.167. The summed E-state index contributed by atoms with van der Waals surface area (Å²) in [5.74, 6) is 3.44. The number of carbonyl (C=O) groups is 1. The molecule has 0 bridgehead atoms. The Kier molecular flexibility index (Phi) is 10.1. The van der Waals surface area contributed by atoms with Gasteiger partial charge in [-0.05, 0) is 53.6 Å². The second-order valence-corrected chi connectivity index (χ2v) is 8.01. The van der Waals surface area contributed by atoms with Gasteiger partial charge in [-0.3, -0.25) is 4.79 Å². The predicted octanol–water partition coefficient (Wildman–Crippen LogP) is 5.73. The van der Waals surface area contributed by atoms with Gasteiger partial charge in [-0.25, -0.2) is 0 Å². The van der Waals surface area contributed by atoms with Crippen LogP contribution in [-0.2, 0) is 0 Å². The van der Waals surface area contributed by atoms with Crippen LogP contribution in [0.15, 0.2) is 54.7 Å². The molecule has 0 atom stereocenters. The van der Waals surface area contributed by atoms with Crippen LogP contribution in [0.1, 0.15) is 21.5 Å². The van der Waals surface area contributed by atoms with Crippen LogP contribution in [0, 0.1) is 0 Å². The molecule has 206 valence electrons. The molecule has 0 radical (unpaired) electrons. The highest BCUT2D eigenvalue weighted by atomic mass is 16.5. The van der Waals surface area contributed by atoms with E-state index >= 15 is 0 Å². The van der Waals surface area contributed by atoms with Crippen LogP contribution < -0.4 is 38.5 Å². The standard InChI is InChI=1S/C30H33NO8/c1-33-24-11-10-21(18-25(24)34-2)23(32)12-13-31-22-14-19(15-26(35-3)29(22)38-6)8-9-20-16-27(36-4)30(39-7)28(17-20)37-5/h8-18,31H,1-7H3. The van der Waals surface area contributed by atoms with Crippen molar-refractivity contribution in [2.45, 2.75) is 0 Å². The average molecular weight is 536 g/mol. The number of methoxy groups -OCH3 is 7. The summed E-state index contributed by atoms with van der Waals surface area (Å²) in [6.45, 7) is 0. The molecule has 0 unspecified atom stereocenters.